The van der Waals surface area contributed by atoms with E-state index in [0.717, 1.165) is 6.26 Å². The van der Waals surface area contributed by atoms with Gasteiger partial charge in [-0.1, -0.05) is 18.2 Å². The van der Waals surface area contributed by atoms with Gasteiger partial charge in [0, 0.05) is 6.07 Å². The van der Waals surface area contributed by atoms with Crippen LogP contribution in [0.25, 0.3) is 11.0 Å². The summed E-state index contributed by atoms with van der Waals surface area (Å²) in [7, 11) is -3.68. The molecule has 9 nitrogen and oxygen atoms in total. The highest BCUT2D eigenvalue weighted by Crippen LogP contribution is 2.34. The quantitative estimate of drug-likeness (QED) is 0.515. The van der Waals surface area contributed by atoms with Crippen molar-refractivity contribution in [3.8, 4) is 11.5 Å². The van der Waals surface area contributed by atoms with Crippen LogP contribution in [0.4, 0.5) is 11.6 Å². The van der Waals surface area contributed by atoms with E-state index in [4.69, 9.17) is 14.9 Å². The van der Waals surface area contributed by atoms with Crippen LogP contribution >= 0.6 is 0 Å². The normalized spacial score (nSPS) is 12.5. The van der Waals surface area contributed by atoms with Gasteiger partial charge in [0.05, 0.1) is 17.3 Å². The van der Waals surface area contributed by atoms with Crippen molar-refractivity contribution in [2.24, 2.45) is 0 Å². The molecular formula is C19H18N2O7S. The number of carbonyl (C=O) groups is 1. The molecule has 10 heteroatoms. The van der Waals surface area contributed by atoms with E-state index in [1.165, 1.54) is 19.1 Å². The van der Waals surface area contributed by atoms with Crippen molar-refractivity contribution >= 4 is 38.3 Å². The van der Waals surface area contributed by atoms with E-state index in [2.05, 4.69) is 4.72 Å². The summed E-state index contributed by atoms with van der Waals surface area (Å²) in [5.74, 6) is -0.956. The van der Waals surface area contributed by atoms with Crippen LogP contribution in [0.1, 0.15) is 17.3 Å². The number of rotatable bonds is 6. The summed E-state index contributed by atoms with van der Waals surface area (Å²) in [5.41, 5.74) is 4.41. The van der Waals surface area contributed by atoms with Gasteiger partial charge in [-0.15, -0.1) is 0 Å². The van der Waals surface area contributed by atoms with Crippen molar-refractivity contribution in [1.29, 1.82) is 0 Å². The molecule has 152 valence electrons. The van der Waals surface area contributed by atoms with E-state index in [9.17, 15) is 23.1 Å². The lowest BCUT2D eigenvalue weighted by Crippen LogP contribution is -2.25. The van der Waals surface area contributed by atoms with Crippen molar-refractivity contribution in [3.63, 3.8) is 0 Å². The fraction of sp³-hybridized carbons (Fsp3) is 0.158. The molecule has 2 aromatic carbocycles. The molecule has 0 spiro atoms. The lowest BCUT2D eigenvalue weighted by atomic mass is 10.1. The van der Waals surface area contributed by atoms with Gasteiger partial charge in [-0.25, -0.2) is 8.42 Å². The van der Waals surface area contributed by atoms with E-state index >= 15 is 0 Å². The van der Waals surface area contributed by atoms with Gasteiger partial charge >= 0.3 is 0 Å². The van der Waals surface area contributed by atoms with Crippen molar-refractivity contribution in [2.75, 3.05) is 16.7 Å². The third-order valence-corrected chi connectivity index (χ3v) is 4.50. The number of ketones is 1. The van der Waals surface area contributed by atoms with Crippen LogP contribution in [0.5, 0.6) is 11.5 Å². The van der Waals surface area contributed by atoms with Gasteiger partial charge < -0.3 is 20.0 Å². The number of Topliss-reactive ketones (excluding diaryl/α,β-unsaturated/α-hetero) is 1. The van der Waals surface area contributed by atoms with Gasteiger partial charge in [0.15, 0.2) is 11.5 Å². The fourth-order valence-corrected chi connectivity index (χ4v) is 3.22. The first-order valence-electron chi connectivity index (χ1n) is 8.40. The second kappa shape index (κ2) is 7.57. The molecule has 0 aliphatic carbocycles. The van der Waals surface area contributed by atoms with Crippen LogP contribution in [0.2, 0.25) is 0 Å². The number of nitrogens with one attached hydrogen (secondary N) is 1. The first kappa shape index (κ1) is 20.4. The number of para-hydroxylation sites is 1. The van der Waals surface area contributed by atoms with E-state index < -0.39 is 38.8 Å². The number of hydrogen-bond donors (Lipinski definition) is 3. The Morgan fingerprint density at radius 2 is 1.90 bits per heavy atom. The Hall–Kier alpha value is -3.37. The maximum atomic E-state index is 12.8. The Kier molecular flexibility index (Phi) is 5.31. The molecule has 0 bridgehead atoms. The van der Waals surface area contributed by atoms with Crippen molar-refractivity contribution < 1.29 is 27.5 Å². The molecule has 0 saturated heterocycles. The molecule has 0 fully saturated rings. The van der Waals surface area contributed by atoms with Gasteiger partial charge in [0.2, 0.25) is 21.3 Å². The van der Waals surface area contributed by atoms with Crippen LogP contribution in [-0.2, 0) is 10.0 Å². The smallest absolute Gasteiger partial charge is 0.229 e. The molecule has 1 unspecified atom stereocenters. The number of sulfonamides is 1. The van der Waals surface area contributed by atoms with Gasteiger partial charge in [-0.05, 0) is 25.1 Å². The maximum absolute atomic E-state index is 12.8. The number of nitrogens with two attached hydrogens (primary N) is 1. The monoisotopic (exact) mass is 418 g/mol. The second-order valence-corrected chi connectivity index (χ2v) is 8.09. The van der Waals surface area contributed by atoms with Gasteiger partial charge in [0.25, 0.3) is 0 Å². The van der Waals surface area contributed by atoms with Crippen LogP contribution < -0.4 is 20.6 Å². The summed E-state index contributed by atoms with van der Waals surface area (Å²) in [6.45, 7) is 1.20. The van der Waals surface area contributed by atoms with Crippen molar-refractivity contribution in [1.82, 2.24) is 0 Å². The third kappa shape index (κ3) is 4.39. The summed E-state index contributed by atoms with van der Waals surface area (Å²) in [6.07, 6.45) is -0.498. The first-order chi connectivity index (χ1) is 13.6. The highest BCUT2D eigenvalue weighted by atomic mass is 32.2. The summed E-state index contributed by atoms with van der Waals surface area (Å²) < 4.78 is 36.9. The molecule has 1 atom stereocenters. The summed E-state index contributed by atoms with van der Waals surface area (Å²) >= 11 is 0. The zero-order chi connectivity index (χ0) is 21.3. The van der Waals surface area contributed by atoms with E-state index in [-0.39, 0.29) is 22.4 Å². The first-order valence-corrected chi connectivity index (χ1v) is 10.3. The maximum Gasteiger partial charge on any atom is 0.229 e. The Morgan fingerprint density at radius 3 is 2.48 bits per heavy atom. The molecule has 0 aliphatic rings. The molecule has 0 amide bonds. The number of carbonyl (C=O) groups excluding carboxylic acids is 1. The molecule has 0 aliphatic heterocycles. The summed E-state index contributed by atoms with van der Waals surface area (Å²) in [5, 5.41) is 9.47. The lowest BCUT2D eigenvalue weighted by molar-refractivity contribution is 0.0778. The van der Waals surface area contributed by atoms with E-state index in [1.807, 2.05) is 0 Å². The standard InChI is InChI=1S/C19H18N2O7S/c1-10(22)17(23)16-18(24)12-8-15(27-11-6-4-3-5-7-11)13(21-29(2,25)26)9-14(12)28-19(16)20/h3-10,21-22H,20H2,1-2H3. The number of aliphatic hydroxyl groups excluding tert-OH is 1. The molecule has 0 saturated carbocycles. The van der Waals surface area contributed by atoms with Gasteiger partial charge in [0.1, 0.15) is 23.0 Å². The molecule has 1 heterocycles. The number of anilines is 2. The number of nitrogen functional groups attached to an aromatic ring is 1. The Balaban J connectivity index is 2.26. The van der Waals surface area contributed by atoms with Crippen LogP contribution in [0.3, 0.4) is 0 Å². The predicted molar refractivity (Wildman–Crippen MR) is 108 cm³/mol. The number of fused-ring (bicyclic) bond motifs is 1. The van der Waals surface area contributed by atoms with Crippen LogP contribution in [0, 0.1) is 0 Å². The van der Waals surface area contributed by atoms with Crippen molar-refractivity contribution in [2.45, 2.75) is 13.0 Å². The molecule has 3 aromatic rings. The van der Waals surface area contributed by atoms with E-state index in [0.29, 0.717) is 5.75 Å². The zero-order valence-electron chi connectivity index (χ0n) is 15.5. The van der Waals surface area contributed by atoms with Gasteiger partial charge in [-0.2, -0.15) is 0 Å². The highest BCUT2D eigenvalue weighted by Gasteiger charge is 2.24. The molecule has 29 heavy (non-hydrogen) atoms. The highest BCUT2D eigenvalue weighted by molar-refractivity contribution is 7.92. The van der Waals surface area contributed by atoms with Crippen molar-refractivity contribution in [3.05, 3.63) is 58.3 Å². The largest absolute Gasteiger partial charge is 0.455 e. The minimum absolute atomic E-state index is 0.0148. The molecule has 1 aromatic heterocycles. The lowest BCUT2D eigenvalue weighted by Gasteiger charge is -2.14. The Morgan fingerprint density at radius 1 is 1.24 bits per heavy atom. The second-order valence-electron chi connectivity index (χ2n) is 6.34. The minimum Gasteiger partial charge on any atom is -0.455 e. The Labute approximate surface area is 165 Å². The number of benzene rings is 2. The summed E-state index contributed by atoms with van der Waals surface area (Å²) in [4.78, 5) is 25.0. The topological polar surface area (TPSA) is 149 Å². The molecule has 4 N–H and O–H groups in total. The number of aliphatic hydroxyl groups is 1. The predicted octanol–water partition coefficient (Wildman–Crippen LogP) is 2.10. The SMILES string of the molecule is CC(O)C(=O)c1c(N)oc2cc(NS(C)(=O)=O)c(Oc3ccccc3)cc2c1=O. The minimum atomic E-state index is -3.68. The molecule has 3 rings (SSSR count). The number of ether oxygens (including phenoxy) is 1. The molecular weight excluding hydrogens is 400 g/mol. The third-order valence-electron chi connectivity index (χ3n) is 3.91. The summed E-state index contributed by atoms with van der Waals surface area (Å²) in [6, 6.07) is 11.0. The molecule has 0 radical (unpaired) electrons. The average molecular weight is 418 g/mol. The zero-order valence-corrected chi connectivity index (χ0v) is 16.3. The fourth-order valence-electron chi connectivity index (χ4n) is 2.66. The van der Waals surface area contributed by atoms with Gasteiger partial charge in [-0.3, -0.25) is 14.3 Å². The van der Waals surface area contributed by atoms with Crippen LogP contribution in [0.15, 0.2) is 51.7 Å². The van der Waals surface area contributed by atoms with E-state index in [1.54, 1.807) is 30.3 Å². The number of hydrogen-bond acceptors (Lipinski definition) is 8. The van der Waals surface area contributed by atoms with Crippen LogP contribution in [-0.4, -0.2) is 31.7 Å². The average Bonchev–Trinajstić information content (AvgIpc) is 2.62. The Bertz CT molecular complexity index is 1250.